The number of carbonyl (C=O) groups excluding carboxylic acids is 3. The molecular weight excluding hydrogens is 518 g/mol. The normalized spacial score (nSPS) is 24.8. The molecule has 0 bridgehead atoms. The van der Waals surface area contributed by atoms with Gasteiger partial charge in [0.1, 0.15) is 6.04 Å². The second kappa shape index (κ2) is 7.89. The monoisotopic (exact) mass is 533 g/mol. The van der Waals surface area contributed by atoms with E-state index in [1.807, 2.05) is 24.3 Å². The van der Waals surface area contributed by atoms with Crippen molar-refractivity contribution in [2.45, 2.75) is 12.1 Å². The van der Waals surface area contributed by atoms with Gasteiger partial charge < -0.3 is 0 Å². The molecule has 3 aromatic rings. The third-order valence-corrected chi connectivity index (χ3v) is 7.56. The van der Waals surface area contributed by atoms with Crippen LogP contribution in [-0.2, 0) is 9.59 Å². The van der Waals surface area contributed by atoms with Crippen LogP contribution in [-0.4, -0.2) is 34.9 Å². The number of fused-ring (bicyclic) bond motifs is 5. The van der Waals surface area contributed by atoms with E-state index in [0.29, 0.717) is 16.3 Å². The van der Waals surface area contributed by atoms with Crippen LogP contribution in [0.4, 0.5) is 5.69 Å². The second-order valence-corrected chi connectivity index (χ2v) is 9.91. The van der Waals surface area contributed by atoms with Crippen LogP contribution in [0.15, 0.2) is 82.4 Å². The number of Topliss-reactive ketones (excluding diaryl/α,β-unsaturated/α-hetero) is 1. The van der Waals surface area contributed by atoms with E-state index in [-0.39, 0.29) is 17.6 Å². The zero-order valence-corrected chi connectivity index (χ0v) is 20.0. The largest absolute Gasteiger partial charge is 0.292 e. The quantitative estimate of drug-likeness (QED) is 0.355. The number of ketones is 1. The molecule has 0 N–H and O–H groups in total. The Morgan fingerprint density at radius 3 is 2.29 bits per heavy atom. The Labute approximate surface area is 208 Å². The minimum Gasteiger partial charge on any atom is -0.292 e. The highest BCUT2D eigenvalue weighted by Gasteiger charge is 2.65. The Morgan fingerprint density at radius 2 is 1.56 bits per heavy atom. The van der Waals surface area contributed by atoms with Crippen LogP contribution in [0.3, 0.4) is 0 Å². The molecule has 3 aliphatic rings. The fourth-order valence-electron chi connectivity index (χ4n) is 5.30. The van der Waals surface area contributed by atoms with Gasteiger partial charge in [-0.2, -0.15) is 5.10 Å². The number of hydrazone groups is 1. The third-order valence-electron chi connectivity index (χ3n) is 6.78. The van der Waals surface area contributed by atoms with Crippen molar-refractivity contribution in [3.8, 4) is 0 Å². The smallest absolute Gasteiger partial charge is 0.240 e. The van der Waals surface area contributed by atoms with Gasteiger partial charge in [-0.05, 0) is 59.7 Å². The molecule has 3 heterocycles. The van der Waals surface area contributed by atoms with Gasteiger partial charge in [0.05, 0.1) is 29.8 Å². The Balaban J connectivity index is 1.49. The van der Waals surface area contributed by atoms with Crippen molar-refractivity contribution in [3.05, 3.63) is 99.0 Å². The first kappa shape index (κ1) is 21.3. The molecule has 3 aromatic carbocycles. The Bertz CT molecular complexity index is 1370. The lowest BCUT2D eigenvalue weighted by atomic mass is 9.83. The van der Waals surface area contributed by atoms with Crippen LogP contribution in [0.2, 0.25) is 5.02 Å². The molecule has 3 aliphatic heterocycles. The summed E-state index contributed by atoms with van der Waals surface area (Å²) in [6, 6.07) is 19.8. The SMILES string of the molecule is O=C(c1ccc(Cl)cc1)[C@@H]1[C@@H]2C(=O)N(c3ccc(Br)cc3)C(=O)[C@H]2[C@H]2c3ccccc3C=NN12. The van der Waals surface area contributed by atoms with Crippen molar-refractivity contribution in [2.75, 3.05) is 4.90 Å². The van der Waals surface area contributed by atoms with E-state index in [2.05, 4.69) is 21.0 Å². The van der Waals surface area contributed by atoms with Crippen molar-refractivity contribution in [3.63, 3.8) is 0 Å². The molecule has 2 amide bonds. The predicted octanol–water partition coefficient (Wildman–Crippen LogP) is 4.86. The molecule has 4 atom stereocenters. The van der Waals surface area contributed by atoms with Crippen molar-refractivity contribution < 1.29 is 14.4 Å². The van der Waals surface area contributed by atoms with Crippen LogP contribution >= 0.6 is 27.5 Å². The minimum atomic E-state index is -0.905. The number of hydrogen-bond acceptors (Lipinski definition) is 5. The number of rotatable bonds is 3. The zero-order valence-electron chi connectivity index (χ0n) is 17.6. The van der Waals surface area contributed by atoms with Crippen molar-refractivity contribution in [1.82, 2.24) is 5.01 Å². The minimum absolute atomic E-state index is 0.260. The highest BCUT2D eigenvalue weighted by molar-refractivity contribution is 9.10. The number of amides is 2. The summed E-state index contributed by atoms with van der Waals surface area (Å²) < 4.78 is 0.841. The molecule has 2 saturated heterocycles. The van der Waals surface area contributed by atoms with Gasteiger partial charge in [-0.25, -0.2) is 4.90 Å². The average Bonchev–Trinajstić information content (AvgIpc) is 3.32. The maximum absolute atomic E-state index is 13.8. The molecule has 6 nitrogen and oxygen atoms in total. The maximum Gasteiger partial charge on any atom is 0.240 e. The summed E-state index contributed by atoms with van der Waals surface area (Å²) in [5.41, 5.74) is 2.68. The zero-order chi connectivity index (χ0) is 23.6. The van der Waals surface area contributed by atoms with Gasteiger partial charge >= 0.3 is 0 Å². The van der Waals surface area contributed by atoms with Crippen LogP contribution in [0.1, 0.15) is 27.5 Å². The second-order valence-electron chi connectivity index (χ2n) is 8.55. The molecule has 0 aliphatic carbocycles. The summed E-state index contributed by atoms with van der Waals surface area (Å²) in [7, 11) is 0. The Kier molecular flexibility index (Phi) is 4.93. The van der Waals surface area contributed by atoms with Crippen LogP contribution < -0.4 is 4.90 Å². The van der Waals surface area contributed by atoms with Gasteiger partial charge in [0.15, 0.2) is 5.78 Å². The van der Waals surface area contributed by atoms with Crippen LogP contribution in [0.5, 0.6) is 0 Å². The molecule has 8 heteroatoms. The lowest BCUT2D eigenvalue weighted by Gasteiger charge is -2.33. The fraction of sp³-hybridized carbons (Fsp3) is 0.154. The van der Waals surface area contributed by atoms with E-state index < -0.39 is 23.9 Å². The lowest BCUT2D eigenvalue weighted by molar-refractivity contribution is -0.124. The first-order chi connectivity index (χ1) is 16.5. The van der Waals surface area contributed by atoms with Gasteiger partial charge in [0, 0.05) is 15.1 Å². The number of benzene rings is 3. The number of carbonyl (C=O) groups is 3. The van der Waals surface area contributed by atoms with Crippen LogP contribution in [0, 0.1) is 11.8 Å². The maximum atomic E-state index is 13.8. The first-order valence-electron chi connectivity index (χ1n) is 10.8. The van der Waals surface area contributed by atoms with E-state index >= 15 is 0 Å². The lowest BCUT2D eigenvalue weighted by Crippen LogP contribution is -2.44. The summed E-state index contributed by atoms with van der Waals surface area (Å²) in [6.45, 7) is 0. The van der Waals surface area contributed by atoms with E-state index in [0.717, 1.165) is 15.6 Å². The van der Waals surface area contributed by atoms with Gasteiger partial charge in [-0.15, -0.1) is 0 Å². The molecule has 0 aromatic heterocycles. The standard InChI is InChI=1S/C26H17BrClN3O3/c27-16-7-11-18(12-8-16)30-25(33)20-21(26(30)34)23(24(32)14-5-9-17(28)10-6-14)31-22(20)19-4-2-1-3-15(19)13-29-31/h1-13,20-23H/t20-,21-,22-,23+/m1/s1. The summed E-state index contributed by atoms with van der Waals surface area (Å²) in [6.07, 6.45) is 1.69. The first-order valence-corrected chi connectivity index (χ1v) is 12.0. The average molecular weight is 535 g/mol. The number of nitrogens with zero attached hydrogens (tertiary/aromatic N) is 3. The van der Waals surface area contributed by atoms with Crippen molar-refractivity contribution in [1.29, 1.82) is 0 Å². The molecule has 0 spiro atoms. The molecule has 0 unspecified atom stereocenters. The van der Waals surface area contributed by atoms with Gasteiger partial charge in [0.25, 0.3) is 0 Å². The molecule has 2 fully saturated rings. The highest BCUT2D eigenvalue weighted by atomic mass is 79.9. The third kappa shape index (κ3) is 3.07. The molecular formula is C26H17BrClN3O3. The number of anilines is 1. The summed E-state index contributed by atoms with van der Waals surface area (Å²) in [5, 5.41) is 6.74. The van der Waals surface area contributed by atoms with Gasteiger partial charge in [0.2, 0.25) is 11.8 Å². The van der Waals surface area contributed by atoms with Gasteiger partial charge in [-0.3, -0.25) is 19.4 Å². The molecule has 6 rings (SSSR count). The highest BCUT2D eigenvalue weighted by Crippen LogP contribution is 2.53. The molecule has 0 radical (unpaired) electrons. The number of hydrogen-bond donors (Lipinski definition) is 0. The molecule has 34 heavy (non-hydrogen) atoms. The predicted molar refractivity (Wildman–Crippen MR) is 132 cm³/mol. The van der Waals surface area contributed by atoms with Crippen molar-refractivity contribution in [2.24, 2.45) is 16.9 Å². The van der Waals surface area contributed by atoms with E-state index in [1.54, 1.807) is 59.8 Å². The summed E-state index contributed by atoms with van der Waals surface area (Å²) in [4.78, 5) is 42.5. The van der Waals surface area contributed by atoms with Crippen molar-refractivity contribution >= 4 is 57.0 Å². The van der Waals surface area contributed by atoms with Gasteiger partial charge in [-0.1, -0.05) is 51.8 Å². The summed E-state index contributed by atoms with van der Waals surface area (Å²) >= 11 is 9.41. The topological polar surface area (TPSA) is 70.0 Å². The van der Waals surface area contributed by atoms with E-state index in [4.69, 9.17) is 11.6 Å². The molecule has 0 saturated carbocycles. The Morgan fingerprint density at radius 1 is 0.882 bits per heavy atom. The van der Waals surface area contributed by atoms with E-state index in [9.17, 15) is 14.4 Å². The van der Waals surface area contributed by atoms with E-state index in [1.165, 1.54) is 4.90 Å². The summed E-state index contributed by atoms with van der Waals surface area (Å²) in [5.74, 6) is -2.54. The van der Waals surface area contributed by atoms with Crippen LogP contribution in [0.25, 0.3) is 0 Å². The molecule has 168 valence electrons. The fourth-order valence-corrected chi connectivity index (χ4v) is 5.69. The number of halogens is 2. The number of imide groups is 1. The Hall–Kier alpha value is -3.29.